The minimum absolute atomic E-state index is 0.0635. The fraction of sp³-hybridized carbons (Fsp3) is 0.632. The molecule has 3 rings (SSSR count). The van der Waals surface area contributed by atoms with Gasteiger partial charge >= 0.3 is 0 Å². The molecule has 23 heavy (non-hydrogen) atoms. The number of ketones is 1. The fourth-order valence-electron chi connectivity index (χ4n) is 3.54. The Hall–Kier alpha value is -1.23. The van der Waals surface area contributed by atoms with Crippen LogP contribution >= 0.6 is 0 Å². The van der Waals surface area contributed by atoms with Gasteiger partial charge in [0.1, 0.15) is 0 Å². The summed E-state index contributed by atoms with van der Waals surface area (Å²) in [7, 11) is 0. The molecule has 2 aliphatic rings. The van der Waals surface area contributed by atoms with Crippen molar-refractivity contribution < 1.29 is 14.3 Å². The lowest BCUT2D eigenvalue weighted by atomic mass is 9.93. The third-order valence-electron chi connectivity index (χ3n) is 4.88. The molecule has 4 nitrogen and oxygen atoms in total. The molecule has 0 radical (unpaired) electrons. The van der Waals surface area contributed by atoms with E-state index >= 15 is 0 Å². The van der Waals surface area contributed by atoms with Crippen molar-refractivity contribution in [2.75, 3.05) is 13.2 Å². The van der Waals surface area contributed by atoms with Crippen LogP contribution in [-0.4, -0.2) is 30.8 Å². The predicted octanol–water partition coefficient (Wildman–Crippen LogP) is 3.06. The van der Waals surface area contributed by atoms with Crippen molar-refractivity contribution in [3.8, 4) is 0 Å². The third kappa shape index (κ3) is 4.00. The van der Waals surface area contributed by atoms with Crippen LogP contribution in [0.25, 0.3) is 0 Å². The van der Waals surface area contributed by atoms with E-state index < -0.39 is 5.72 Å². The molecule has 1 heterocycles. The SMILES string of the molecule is CC1COC(COCc2ccccc2)(NC2CCCCC2)C1=O. The summed E-state index contributed by atoms with van der Waals surface area (Å²) in [5, 5.41) is 3.50. The van der Waals surface area contributed by atoms with Gasteiger partial charge in [0.15, 0.2) is 5.78 Å². The number of carbonyl (C=O) groups excluding carboxylic acids is 1. The van der Waals surface area contributed by atoms with Crippen molar-refractivity contribution in [1.29, 1.82) is 0 Å². The van der Waals surface area contributed by atoms with E-state index in [0.29, 0.717) is 19.3 Å². The second kappa shape index (κ2) is 7.56. The van der Waals surface area contributed by atoms with E-state index in [2.05, 4.69) is 5.32 Å². The van der Waals surface area contributed by atoms with Gasteiger partial charge in [-0.25, -0.2) is 0 Å². The van der Waals surface area contributed by atoms with Crippen LogP contribution in [0.15, 0.2) is 30.3 Å². The number of Topliss-reactive ketones (excluding diaryl/α,β-unsaturated/α-hetero) is 1. The quantitative estimate of drug-likeness (QED) is 0.876. The van der Waals surface area contributed by atoms with Crippen molar-refractivity contribution >= 4 is 5.78 Å². The molecule has 1 aromatic carbocycles. The second-order valence-corrected chi connectivity index (χ2v) is 6.86. The summed E-state index contributed by atoms with van der Waals surface area (Å²) >= 11 is 0. The summed E-state index contributed by atoms with van der Waals surface area (Å²) in [6.45, 7) is 3.19. The van der Waals surface area contributed by atoms with E-state index in [1.807, 2.05) is 37.3 Å². The van der Waals surface area contributed by atoms with Crippen LogP contribution in [0, 0.1) is 5.92 Å². The lowest BCUT2D eigenvalue weighted by Gasteiger charge is -2.34. The summed E-state index contributed by atoms with van der Waals surface area (Å²) in [5.74, 6) is 0.0718. The maximum absolute atomic E-state index is 12.7. The zero-order valence-electron chi connectivity index (χ0n) is 13.9. The normalized spacial score (nSPS) is 29.1. The molecule has 1 saturated heterocycles. The third-order valence-corrected chi connectivity index (χ3v) is 4.88. The van der Waals surface area contributed by atoms with E-state index in [4.69, 9.17) is 9.47 Å². The van der Waals surface area contributed by atoms with Gasteiger partial charge in [0, 0.05) is 12.0 Å². The predicted molar refractivity (Wildman–Crippen MR) is 89.0 cm³/mol. The van der Waals surface area contributed by atoms with Crippen LogP contribution in [0.5, 0.6) is 0 Å². The molecule has 0 amide bonds. The standard InChI is InChI=1S/C19H27NO3/c1-15-12-23-19(18(15)21,20-17-10-6-3-7-11-17)14-22-13-16-8-4-2-5-9-16/h2,4-5,8-9,15,17,20H,3,6-7,10-14H2,1H3. The Balaban J connectivity index is 1.62. The van der Waals surface area contributed by atoms with E-state index in [9.17, 15) is 4.79 Å². The highest BCUT2D eigenvalue weighted by Gasteiger charge is 2.48. The molecule has 2 unspecified atom stereocenters. The highest BCUT2D eigenvalue weighted by Crippen LogP contribution is 2.28. The van der Waals surface area contributed by atoms with Crippen molar-refractivity contribution in [3.63, 3.8) is 0 Å². The maximum atomic E-state index is 12.7. The smallest absolute Gasteiger partial charge is 0.202 e. The summed E-state index contributed by atoms with van der Waals surface area (Å²) < 4.78 is 11.8. The van der Waals surface area contributed by atoms with Gasteiger partial charge in [0.05, 0.1) is 19.8 Å². The first-order valence-corrected chi connectivity index (χ1v) is 8.77. The van der Waals surface area contributed by atoms with Crippen molar-refractivity contribution in [3.05, 3.63) is 35.9 Å². The van der Waals surface area contributed by atoms with Gasteiger partial charge in [-0.15, -0.1) is 0 Å². The number of nitrogens with one attached hydrogen (secondary N) is 1. The molecule has 126 valence electrons. The topological polar surface area (TPSA) is 47.6 Å². The molecule has 4 heteroatoms. The summed E-state index contributed by atoms with van der Waals surface area (Å²) in [6.07, 6.45) is 5.97. The van der Waals surface area contributed by atoms with E-state index in [-0.39, 0.29) is 18.3 Å². The molecular weight excluding hydrogens is 290 g/mol. The highest BCUT2D eigenvalue weighted by atomic mass is 16.6. The first-order chi connectivity index (χ1) is 11.2. The molecule has 2 fully saturated rings. The van der Waals surface area contributed by atoms with Gasteiger partial charge in [0.2, 0.25) is 5.72 Å². The van der Waals surface area contributed by atoms with Crippen molar-refractivity contribution in [2.45, 2.75) is 57.4 Å². The van der Waals surface area contributed by atoms with Crippen LogP contribution in [-0.2, 0) is 20.9 Å². The summed E-state index contributed by atoms with van der Waals surface area (Å²) in [4.78, 5) is 12.7. The molecule has 1 saturated carbocycles. The number of carbonyl (C=O) groups is 1. The molecule has 0 bridgehead atoms. The molecule has 2 atom stereocenters. The minimum Gasteiger partial charge on any atom is -0.372 e. The minimum atomic E-state index is -0.948. The van der Waals surface area contributed by atoms with Gasteiger partial charge in [-0.05, 0) is 18.4 Å². The number of hydrogen-bond donors (Lipinski definition) is 1. The van der Waals surface area contributed by atoms with Gasteiger partial charge in [-0.2, -0.15) is 0 Å². The van der Waals surface area contributed by atoms with Crippen LogP contribution in [0.2, 0.25) is 0 Å². The Labute approximate surface area is 138 Å². The summed E-state index contributed by atoms with van der Waals surface area (Å²) in [5.41, 5.74) is 0.162. The highest BCUT2D eigenvalue weighted by molar-refractivity contribution is 5.90. The monoisotopic (exact) mass is 317 g/mol. The Bertz CT molecular complexity index is 513. The van der Waals surface area contributed by atoms with E-state index in [0.717, 1.165) is 18.4 Å². The average Bonchev–Trinajstić information content (AvgIpc) is 2.86. The molecule has 1 aromatic rings. The lowest BCUT2D eigenvalue weighted by molar-refractivity contribution is -0.147. The zero-order chi connectivity index (χ0) is 16.1. The molecular formula is C19H27NO3. The van der Waals surface area contributed by atoms with Gasteiger partial charge < -0.3 is 9.47 Å². The Kier molecular flexibility index (Phi) is 5.46. The van der Waals surface area contributed by atoms with Crippen LogP contribution < -0.4 is 5.32 Å². The maximum Gasteiger partial charge on any atom is 0.202 e. The number of benzene rings is 1. The second-order valence-electron chi connectivity index (χ2n) is 6.86. The Morgan fingerprint density at radius 1 is 1.22 bits per heavy atom. The van der Waals surface area contributed by atoms with Crippen LogP contribution in [0.4, 0.5) is 0 Å². The molecule has 0 aromatic heterocycles. The molecule has 1 N–H and O–H groups in total. The lowest BCUT2D eigenvalue weighted by Crippen LogP contribution is -2.58. The van der Waals surface area contributed by atoms with Crippen molar-refractivity contribution in [1.82, 2.24) is 5.32 Å². The first-order valence-electron chi connectivity index (χ1n) is 8.77. The van der Waals surface area contributed by atoms with Crippen LogP contribution in [0.3, 0.4) is 0 Å². The summed E-state index contributed by atoms with van der Waals surface area (Å²) in [6, 6.07) is 10.4. The Morgan fingerprint density at radius 3 is 2.61 bits per heavy atom. The average molecular weight is 317 g/mol. The largest absolute Gasteiger partial charge is 0.372 e. The molecule has 1 aliphatic carbocycles. The number of ether oxygens (including phenoxy) is 2. The fourth-order valence-corrected chi connectivity index (χ4v) is 3.54. The van der Waals surface area contributed by atoms with Crippen LogP contribution in [0.1, 0.15) is 44.6 Å². The van der Waals surface area contributed by atoms with Gasteiger partial charge in [-0.1, -0.05) is 56.5 Å². The van der Waals surface area contributed by atoms with E-state index in [1.54, 1.807) is 0 Å². The van der Waals surface area contributed by atoms with Gasteiger partial charge in [0.25, 0.3) is 0 Å². The van der Waals surface area contributed by atoms with Crippen molar-refractivity contribution in [2.24, 2.45) is 5.92 Å². The number of rotatable bonds is 6. The Morgan fingerprint density at radius 2 is 1.96 bits per heavy atom. The molecule has 1 aliphatic heterocycles. The number of hydrogen-bond acceptors (Lipinski definition) is 4. The first kappa shape index (κ1) is 16.6. The molecule has 0 spiro atoms. The zero-order valence-corrected chi connectivity index (χ0v) is 13.9. The van der Waals surface area contributed by atoms with E-state index in [1.165, 1.54) is 19.3 Å². The van der Waals surface area contributed by atoms with Gasteiger partial charge in [-0.3, -0.25) is 10.1 Å².